The number of nitrogens with zero attached hydrogens (tertiary/aromatic N) is 2. The molecule has 4 aliphatic rings. The predicted molar refractivity (Wildman–Crippen MR) is 151 cm³/mol. The van der Waals surface area contributed by atoms with Gasteiger partial charge in [0.05, 0.1) is 26.7 Å². The highest BCUT2D eigenvalue weighted by Gasteiger charge is 2.31. The fraction of sp³-hybridized carbons (Fsp3) is 0.310. The second-order valence-corrected chi connectivity index (χ2v) is 11.2. The molecule has 0 saturated carbocycles. The van der Waals surface area contributed by atoms with Crippen molar-refractivity contribution in [1.82, 2.24) is 4.58 Å². The first-order chi connectivity index (χ1) is 17.8. The molecule has 1 aliphatic carbocycles. The number of carbonyl (C=O) groups is 1. The van der Waals surface area contributed by atoms with Gasteiger partial charge in [-0.2, -0.15) is 0 Å². The maximum absolute atomic E-state index is 12.6. The van der Waals surface area contributed by atoms with E-state index in [0.717, 1.165) is 67.1 Å². The van der Waals surface area contributed by atoms with Gasteiger partial charge in [0.2, 0.25) is 5.36 Å². The molecule has 3 heterocycles. The van der Waals surface area contributed by atoms with Crippen molar-refractivity contribution >= 4 is 57.4 Å². The minimum Gasteiger partial charge on any atom is -0.478 e. The molecule has 3 aliphatic heterocycles. The molecule has 0 fully saturated rings. The van der Waals surface area contributed by atoms with Crippen LogP contribution in [0.4, 0.5) is 5.69 Å². The number of rotatable bonds is 2. The summed E-state index contributed by atoms with van der Waals surface area (Å²) in [6, 6.07) is 9.66. The zero-order valence-corrected chi connectivity index (χ0v) is 22.9. The summed E-state index contributed by atoms with van der Waals surface area (Å²) in [6.07, 6.45) is 5.16. The monoisotopic (exact) mass is 555 g/mol. The number of anilines is 1. The van der Waals surface area contributed by atoms with E-state index in [9.17, 15) is 9.90 Å². The van der Waals surface area contributed by atoms with Crippen molar-refractivity contribution in [3.63, 3.8) is 0 Å². The average molecular weight is 557 g/mol. The summed E-state index contributed by atoms with van der Waals surface area (Å²) < 4.78 is 8.71. The lowest BCUT2D eigenvalue weighted by molar-refractivity contribution is 0.0698. The van der Waals surface area contributed by atoms with E-state index in [0.29, 0.717) is 16.9 Å². The van der Waals surface area contributed by atoms with Gasteiger partial charge in [-0.1, -0.05) is 34.8 Å². The Balaban J connectivity index is 1.85. The normalized spacial score (nSPS) is 15.1. The van der Waals surface area contributed by atoms with Crippen LogP contribution in [0.15, 0.2) is 34.7 Å². The van der Waals surface area contributed by atoms with Gasteiger partial charge in [0.1, 0.15) is 25.4 Å². The number of carboxylic acid groups (broad SMARTS) is 1. The lowest BCUT2D eigenvalue weighted by Crippen LogP contribution is -2.30. The van der Waals surface area contributed by atoms with E-state index >= 15 is 0 Å². The fourth-order valence-electron chi connectivity index (χ4n) is 5.94. The molecule has 8 heteroatoms. The Morgan fingerprint density at radius 2 is 1.76 bits per heavy atom. The summed E-state index contributed by atoms with van der Waals surface area (Å²) in [4.78, 5) is 15.0. The molecule has 2 aromatic rings. The van der Waals surface area contributed by atoms with Crippen molar-refractivity contribution in [1.29, 1.82) is 0 Å². The van der Waals surface area contributed by atoms with Gasteiger partial charge in [0, 0.05) is 52.5 Å². The van der Waals surface area contributed by atoms with E-state index in [4.69, 9.17) is 39.2 Å². The summed E-state index contributed by atoms with van der Waals surface area (Å²) in [6.45, 7) is 2.08. The van der Waals surface area contributed by atoms with E-state index < -0.39 is 5.97 Å². The SMILES string of the molecule is C[N+](C)=c1ccc2c(-c3c(Cl)cc(Cl)c(Cl)c3C(=O)O)c3cc4c5c(c3oc-2c1)CCCN5CCCC4. The maximum Gasteiger partial charge on any atom is 0.337 e. The number of fused-ring (bicyclic) bond motifs is 3. The van der Waals surface area contributed by atoms with Crippen molar-refractivity contribution in [2.75, 3.05) is 32.1 Å². The summed E-state index contributed by atoms with van der Waals surface area (Å²) >= 11 is 19.6. The van der Waals surface area contributed by atoms with Crippen LogP contribution >= 0.6 is 34.8 Å². The molecule has 2 aromatic carbocycles. The second kappa shape index (κ2) is 9.23. The highest BCUT2D eigenvalue weighted by Crippen LogP contribution is 2.50. The number of aromatic carboxylic acids is 1. The molecule has 0 radical (unpaired) electrons. The van der Waals surface area contributed by atoms with E-state index in [1.165, 1.54) is 22.9 Å². The smallest absolute Gasteiger partial charge is 0.337 e. The molecule has 37 heavy (non-hydrogen) atoms. The van der Waals surface area contributed by atoms with Crippen LogP contribution in [0.3, 0.4) is 0 Å². The van der Waals surface area contributed by atoms with Crippen LogP contribution in [0.2, 0.25) is 15.1 Å². The zero-order valence-electron chi connectivity index (χ0n) is 20.6. The molecular formula is C29H26Cl3N2O3+. The van der Waals surface area contributed by atoms with Crippen molar-refractivity contribution in [2.24, 2.45) is 0 Å². The van der Waals surface area contributed by atoms with Gasteiger partial charge in [0.15, 0.2) is 0 Å². The van der Waals surface area contributed by atoms with Crippen LogP contribution in [-0.4, -0.2) is 38.3 Å². The first-order valence-corrected chi connectivity index (χ1v) is 13.6. The van der Waals surface area contributed by atoms with Crippen LogP contribution in [-0.2, 0) is 12.8 Å². The Bertz CT molecular complexity index is 1650. The van der Waals surface area contributed by atoms with Crippen molar-refractivity contribution < 1.29 is 14.3 Å². The number of hydrogen-bond acceptors (Lipinski definition) is 3. The third kappa shape index (κ3) is 3.91. The molecule has 0 atom stereocenters. The van der Waals surface area contributed by atoms with Crippen LogP contribution in [0, 0.1) is 0 Å². The van der Waals surface area contributed by atoms with Gasteiger partial charge in [-0.3, -0.25) is 0 Å². The lowest BCUT2D eigenvalue weighted by Gasteiger charge is -2.33. The first-order valence-electron chi connectivity index (χ1n) is 12.5. The molecule has 0 saturated heterocycles. The summed E-state index contributed by atoms with van der Waals surface area (Å²) in [5, 5.41) is 12.4. The van der Waals surface area contributed by atoms with Gasteiger partial charge < -0.3 is 14.4 Å². The molecule has 5 nitrogen and oxygen atoms in total. The molecule has 0 spiro atoms. The first kappa shape index (κ1) is 24.6. The fourth-order valence-corrected chi connectivity index (χ4v) is 6.72. The largest absolute Gasteiger partial charge is 0.478 e. The summed E-state index contributed by atoms with van der Waals surface area (Å²) in [5.74, 6) is -0.521. The van der Waals surface area contributed by atoms with Crippen molar-refractivity contribution in [3.05, 3.63) is 67.4 Å². The number of carboxylic acids is 1. The van der Waals surface area contributed by atoms with Crippen LogP contribution < -0.4 is 14.8 Å². The lowest BCUT2D eigenvalue weighted by atomic mass is 9.86. The second-order valence-electron chi connectivity index (χ2n) is 10.0. The number of halogens is 3. The molecule has 0 bridgehead atoms. The minimum absolute atomic E-state index is 0.0251. The molecule has 190 valence electrons. The molecule has 0 amide bonds. The van der Waals surface area contributed by atoms with Gasteiger partial charge in [0.25, 0.3) is 0 Å². The van der Waals surface area contributed by atoms with Crippen LogP contribution in [0.25, 0.3) is 33.4 Å². The highest BCUT2D eigenvalue weighted by molar-refractivity contribution is 6.46. The van der Waals surface area contributed by atoms with Gasteiger partial charge in [-0.25, -0.2) is 9.37 Å². The van der Waals surface area contributed by atoms with Gasteiger partial charge in [-0.05, 0) is 55.9 Å². The van der Waals surface area contributed by atoms with E-state index in [1.54, 1.807) is 0 Å². The minimum atomic E-state index is -1.18. The maximum atomic E-state index is 12.6. The van der Waals surface area contributed by atoms with Gasteiger partial charge >= 0.3 is 5.97 Å². The Morgan fingerprint density at radius 3 is 2.51 bits per heavy atom. The molecule has 6 rings (SSSR count). The number of benzene rings is 3. The Hall–Kier alpha value is -2.73. The Kier molecular flexibility index (Phi) is 6.14. The van der Waals surface area contributed by atoms with Crippen LogP contribution in [0.5, 0.6) is 0 Å². The van der Waals surface area contributed by atoms with Crippen molar-refractivity contribution in [3.8, 4) is 22.5 Å². The molecule has 0 aromatic heterocycles. The highest BCUT2D eigenvalue weighted by atomic mass is 35.5. The summed E-state index contributed by atoms with van der Waals surface area (Å²) in [5.41, 5.74) is 6.27. The zero-order chi connectivity index (χ0) is 26.0. The van der Waals surface area contributed by atoms with Crippen molar-refractivity contribution in [2.45, 2.75) is 32.1 Å². The van der Waals surface area contributed by atoms with E-state index in [2.05, 4.69) is 11.0 Å². The predicted octanol–water partition coefficient (Wildman–Crippen LogP) is 6.98. The van der Waals surface area contributed by atoms with E-state index in [-0.39, 0.29) is 20.6 Å². The number of hydrogen-bond donors (Lipinski definition) is 1. The third-order valence-corrected chi connectivity index (χ3v) is 8.68. The molecule has 0 unspecified atom stereocenters. The van der Waals surface area contributed by atoms with Crippen LogP contribution in [0.1, 0.15) is 40.7 Å². The number of aryl methyl sites for hydroxylation is 2. The average Bonchev–Trinajstić information content (AvgIpc) is 3.08. The topological polar surface area (TPSA) is 56.7 Å². The molecular weight excluding hydrogens is 531 g/mol. The molecule has 1 N–H and O–H groups in total. The Labute approximate surface area is 229 Å². The Morgan fingerprint density at radius 1 is 0.973 bits per heavy atom. The quantitative estimate of drug-likeness (QED) is 0.164. The van der Waals surface area contributed by atoms with E-state index in [1.807, 2.05) is 36.9 Å². The third-order valence-electron chi connectivity index (χ3n) is 7.59. The summed E-state index contributed by atoms with van der Waals surface area (Å²) in [7, 11) is 3.95. The standard InChI is InChI=1S/C29H25Cl3N2O3/c1-33(2)16-8-9-17-22(13-16)37-28-18-7-5-11-34-10-4-3-6-15(27(18)34)12-19(28)23(17)24-20(30)14-21(31)26(32)25(24)29(35)36/h8-9,12-14H,3-7,10-11H2,1-2H3/p+1. The van der Waals surface area contributed by atoms with Gasteiger partial charge in [-0.15, -0.1) is 0 Å².